The normalized spacial score (nSPS) is 31.7. The molecular weight excluding hydrogens is 298 g/mol. The summed E-state index contributed by atoms with van der Waals surface area (Å²) in [7, 11) is 0. The van der Waals surface area contributed by atoms with Crippen LogP contribution in [0.15, 0.2) is 18.2 Å². The SMILES string of the molecule is Nc1cc(N[C@@H]2O[C@@H](CO)[C@@H](O)[C@@H](O)[C@H]2O)ccc1[N+](=O)[O-]. The minimum atomic E-state index is -1.52. The third-order valence-corrected chi connectivity index (χ3v) is 3.43. The van der Waals surface area contributed by atoms with Gasteiger partial charge >= 0.3 is 0 Å². The number of hydrogen-bond acceptors (Lipinski definition) is 9. The number of aliphatic hydroxyl groups is 4. The Kier molecular flexibility index (Phi) is 4.78. The summed E-state index contributed by atoms with van der Waals surface area (Å²) in [5.41, 5.74) is 5.51. The maximum atomic E-state index is 10.7. The Balaban J connectivity index is 2.15. The second-order valence-corrected chi connectivity index (χ2v) is 4.92. The fourth-order valence-electron chi connectivity index (χ4n) is 2.20. The molecule has 0 aromatic heterocycles. The first-order chi connectivity index (χ1) is 10.3. The lowest BCUT2D eigenvalue weighted by Crippen LogP contribution is -2.60. The molecule has 1 aromatic carbocycles. The van der Waals surface area contributed by atoms with Crippen molar-refractivity contribution in [3.8, 4) is 0 Å². The van der Waals surface area contributed by atoms with E-state index in [0.29, 0.717) is 5.69 Å². The minimum absolute atomic E-state index is 0.0837. The van der Waals surface area contributed by atoms with Crippen molar-refractivity contribution in [3.05, 3.63) is 28.3 Å². The van der Waals surface area contributed by atoms with Gasteiger partial charge in [-0.25, -0.2) is 0 Å². The van der Waals surface area contributed by atoms with Crippen LogP contribution in [0.5, 0.6) is 0 Å². The van der Waals surface area contributed by atoms with Crippen LogP contribution in [-0.4, -0.2) is 62.6 Å². The quantitative estimate of drug-likeness (QED) is 0.217. The first-order valence-electron chi connectivity index (χ1n) is 6.46. The van der Waals surface area contributed by atoms with Crippen LogP contribution in [0.25, 0.3) is 0 Å². The van der Waals surface area contributed by atoms with Gasteiger partial charge in [-0.3, -0.25) is 10.1 Å². The number of anilines is 2. The zero-order chi connectivity index (χ0) is 16.4. The van der Waals surface area contributed by atoms with Crippen molar-refractivity contribution >= 4 is 17.1 Å². The Hall–Kier alpha value is -1.98. The van der Waals surface area contributed by atoms with E-state index in [1.807, 2.05) is 0 Å². The third kappa shape index (κ3) is 3.10. The van der Waals surface area contributed by atoms with Crippen molar-refractivity contribution in [2.45, 2.75) is 30.6 Å². The molecule has 0 amide bonds. The fraction of sp³-hybridized carbons (Fsp3) is 0.500. The number of nitrogens with one attached hydrogen (secondary N) is 1. The standard InChI is InChI=1S/C12H17N3O7/c13-6-3-5(1-2-7(6)15(20)21)14-12-11(19)10(18)9(17)8(4-16)22-12/h1-3,8-12,14,16-19H,4,13H2/t8-,9+,10+,11+,12+/m0/s1. The second-order valence-electron chi connectivity index (χ2n) is 4.92. The molecule has 1 aromatic rings. The van der Waals surface area contributed by atoms with Crippen LogP contribution in [0.4, 0.5) is 17.1 Å². The first kappa shape index (κ1) is 16.4. The Morgan fingerprint density at radius 2 is 1.95 bits per heavy atom. The number of hydrogen-bond donors (Lipinski definition) is 6. The van der Waals surface area contributed by atoms with Crippen molar-refractivity contribution in [2.24, 2.45) is 0 Å². The van der Waals surface area contributed by atoms with E-state index >= 15 is 0 Å². The molecule has 122 valence electrons. The van der Waals surface area contributed by atoms with Gasteiger partial charge in [-0.15, -0.1) is 0 Å². The zero-order valence-electron chi connectivity index (χ0n) is 11.4. The summed E-state index contributed by atoms with van der Waals surface area (Å²) >= 11 is 0. The van der Waals surface area contributed by atoms with Gasteiger partial charge in [-0.1, -0.05) is 0 Å². The molecule has 5 atom stereocenters. The number of benzene rings is 1. The molecule has 0 saturated carbocycles. The van der Waals surface area contributed by atoms with E-state index in [1.165, 1.54) is 18.2 Å². The van der Waals surface area contributed by atoms with Gasteiger partial charge in [0.25, 0.3) is 5.69 Å². The average molecular weight is 315 g/mol. The first-order valence-corrected chi connectivity index (χ1v) is 6.46. The maximum Gasteiger partial charge on any atom is 0.292 e. The van der Waals surface area contributed by atoms with Gasteiger partial charge in [0.05, 0.1) is 11.5 Å². The van der Waals surface area contributed by atoms with E-state index in [0.717, 1.165) is 0 Å². The molecule has 0 bridgehead atoms. The lowest BCUT2D eigenvalue weighted by Gasteiger charge is -2.40. The second kappa shape index (κ2) is 6.42. The van der Waals surface area contributed by atoms with E-state index in [4.69, 9.17) is 15.6 Å². The number of nitrogen functional groups attached to an aromatic ring is 1. The van der Waals surface area contributed by atoms with Gasteiger partial charge in [0.2, 0.25) is 0 Å². The van der Waals surface area contributed by atoms with E-state index in [2.05, 4.69) is 5.32 Å². The molecule has 7 N–H and O–H groups in total. The lowest BCUT2D eigenvalue weighted by atomic mass is 9.98. The number of ether oxygens (including phenoxy) is 1. The predicted octanol–water partition coefficient (Wildman–Crippen LogP) is -1.61. The molecule has 0 radical (unpaired) electrons. The number of aliphatic hydroxyl groups excluding tert-OH is 4. The Morgan fingerprint density at radius 3 is 2.50 bits per heavy atom. The van der Waals surface area contributed by atoms with Crippen LogP contribution in [0.3, 0.4) is 0 Å². The van der Waals surface area contributed by atoms with Crippen LogP contribution < -0.4 is 11.1 Å². The smallest absolute Gasteiger partial charge is 0.292 e. The molecule has 22 heavy (non-hydrogen) atoms. The molecule has 1 heterocycles. The molecule has 10 nitrogen and oxygen atoms in total. The Morgan fingerprint density at radius 1 is 1.27 bits per heavy atom. The van der Waals surface area contributed by atoms with Crippen molar-refractivity contribution < 1.29 is 30.1 Å². The minimum Gasteiger partial charge on any atom is -0.394 e. The molecule has 10 heteroatoms. The van der Waals surface area contributed by atoms with Gasteiger partial charge in [-0.05, 0) is 12.1 Å². The maximum absolute atomic E-state index is 10.7. The van der Waals surface area contributed by atoms with E-state index < -0.39 is 42.2 Å². The number of nitrogens with zero attached hydrogens (tertiary/aromatic N) is 1. The molecule has 0 aliphatic carbocycles. The zero-order valence-corrected chi connectivity index (χ0v) is 11.4. The van der Waals surface area contributed by atoms with Crippen LogP contribution in [-0.2, 0) is 4.74 Å². The molecule has 2 rings (SSSR count). The highest BCUT2D eigenvalue weighted by Crippen LogP contribution is 2.27. The van der Waals surface area contributed by atoms with E-state index in [9.17, 15) is 25.4 Å². The summed E-state index contributed by atoms with van der Waals surface area (Å²) in [6, 6.07) is 3.82. The van der Waals surface area contributed by atoms with Crippen LogP contribution in [0.2, 0.25) is 0 Å². The predicted molar refractivity (Wildman–Crippen MR) is 74.9 cm³/mol. The molecule has 0 spiro atoms. The topological polar surface area (TPSA) is 171 Å². The summed E-state index contributed by atoms with van der Waals surface area (Å²) in [5.74, 6) is 0. The molecule has 1 aliphatic heterocycles. The number of nitro groups is 1. The molecular formula is C12H17N3O7. The molecule has 0 unspecified atom stereocenters. The van der Waals surface area contributed by atoms with Crippen molar-refractivity contribution in [3.63, 3.8) is 0 Å². The van der Waals surface area contributed by atoms with Crippen LogP contribution in [0, 0.1) is 10.1 Å². The van der Waals surface area contributed by atoms with Crippen molar-refractivity contribution in [1.82, 2.24) is 0 Å². The summed E-state index contributed by atoms with van der Waals surface area (Å²) < 4.78 is 5.26. The van der Waals surface area contributed by atoms with Crippen molar-refractivity contribution in [2.75, 3.05) is 17.7 Å². The number of nitrogens with two attached hydrogens (primary N) is 1. The highest BCUT2D eigenvalue weighted by molar-refractivity contribution is 5.66. The van der Waals surface area contributed by atoms with Crippen LogP contribution >= 0.6 is 0 Å². The monoisotopic (exact) mass is 315 g/mol. The number of nitro benzene ring substituents is 1. The molecule has 1 saturated heterocycles. The van der Waals surface area contributed by atoms with Crippen molar-refractivity contribution in [1.29, 1.82) is 0 Å². The summed E-state index contributed by atoms with van der Waals surface area (Å²) in [5, 5.41) is 51.7. The van der Waals surface area contributed by atoms with Gasteiger partial charge < -0.3 is 36.2 Å². The summed E-state index contributed by atoms with van der Waals surface area (Å²) in [6.45, 7) is -0.550. The summed E-state index contributed by atoms with van der Waals surface area (Å²) in [6.07, 6.45) is -6.62. The third-order valence-electron chi connectivity index (χ3n) is 3.43. The fourth-order valence-corrected chi connectivity index (χ4v) is 2.20. The Bertz CT molecular complexity index is 554. The molecule has 1 fully saturated rings. The van der Waals surface area contributed by atoms with Crippen LogP contribution in [0.1, 0.15) is 0 Å². The van der Waals surface area contributed by atoms with Gasteiger partial charge in [-0.2, -0.15) is 0 Å². The highest BCUT2D eigenvalue weighted by Gasteiger charge is 2.43. The van der Waals surface area contributed by atoms with E-state index in [1.54, 1.807) is 0 Å². The lowest BCUT2D eigenvalue weighted by molar-refractivity contribution is -0.383. The van der Waals surface area contributed by atoms with Gasteiger partial charge in [0.15, 0.2) is 6.23 Å². The van der Waals surface area contributed by atoms with E-state index in [-0.39, 0.29) is 11.4 Å². The van der Waals surface area contributed by atoms with Gasteiger partial charge in [0.1, 0.15) is 30.1 Å². The largest absolute Gasteiger partial charge is 0.394 e. The highest BCUT2D eigenvalue weighted by atomic mass is 16.6. The average Bonchev–Trinajstić information content (AvgIpc) is 2.47. The summed E-state index contributed by atoms with van der Waals surface area (Å²) in [4.78, 5) is 10.1. The Labute approximate surface area is 124 Å². The number of rotatable bonds is 4. The van der Waals surface area contributed by atoms with Gasteiger partial charge in [0, 0.05) is 11.8 Å². The molecule has 1 aliphatic rings.